The summed E-state index contributed by atoms with van der Waals surface area (Å²) in [6.07, 6.45) is 6.20. The van der Waals surface area contributed by atoms with Crippen LogP contribution in [-0.4, -0.2) is 72.2 Å². The molecule has 1 N–H and O–H groups in total. The molecule has 10 nitrogen and oxygen atoms in total. The second-order valence-corrected chi connectivity index (χ2v) is 10.3. The average Bonchev–Trinajstić information content (AvgIpc) is 3.22. The van der Waals surface area contributed by atoms with E-state index in [1.807, 2.05) is 62.8 Å². The Bertz CT molecular complexity index is 1440. The lowest BCUT2D eigenvalue weighted by atomic mass is 10.1. The van der Waals surface area contributed by atoms with E-state index in [2.05, 4.69) is 30.2 Å². The lowest BCUT2D eigenvalue weighted by Crippen LogP contribution is -2.49. The molecule has 0 bridgehead atoms. The minimum atomic E-state index is -0.512. The fourth-order valence-electron chi connectivity index (χ4n) is 4.40. The zero-order chi connectivity index (χ0) is 26.9. The number of ether oxygens (including phenoxy) is 1. The Morgan fingerprint density at radius 3 is 2.58 bits per heavy atom. The van der Waals surface area contributed by atoms with Crippen LogP contribution in [0.15, 0.2) is 49.1 Å². The predicted octanol–water partition coefficient (Wildman–Crippen LogP) is 4.36. The van der Waals surface area contributed by atoms with Crippen molar-refractivity contribution in [3.63, 3.8) is 0 Å². The molecule has 1 saturated heterocycles. The molecule has 5 rings (SSSR count). The lowest BCUT2D eigenvalue weighted by Gasteiger charge is -2.35. The first-order valence-corrected chi connectivity index (χ1v) is 12.5. The van der Waals surface area contributed by atoms with Gasteiger partial charge in [0.1, 0.15) is 22.8 Å². The number of fused-ring (bicyclic) bond motifs is 1. The van der Waals surface area contributed by atoms with E-state index in [4.69, 9.17) is 4.74 Å². The van der Waals surface area contributed by atoms with Crippen LogP contribution in [0.1, 0.15) is 26.3 Å². The lowest BCUT2D eigenvalue weighted by molar-refractivity contribution is 0.0139. The molecule has 1 fully saturated rings. The molecule has 0 aromatic carbocycles. The van der Waals surface area contributed by atoms with E-state index in [0.717, 1.165) is 42.4 Å². The number of hydrogen-bond donors (Lipinski definition) is 1. The molecule has 0 spiro atoms. The molecule has 0 unspecified atom stereocenters. The highest BCUT2D eigenvalue weighted by atomic mass is 19.1. The summed E-state index contributed by atoms with van der Waals surface area (Å²) in [5.41, 5.74) is 2.14. The number of aryl methyl sites for hydroxylation is 1. The van der Waals surface area contributed by atoms with Gasteiger partial charge >= 0.3 is 6.09 Å². The zero-order valence-electron chi connectivity index (χ0n) is 22.0. The number of anilines is 2. The van der Waals surface area contributed by atoms with Gasteiger partial charge in [0.2, 0.25) is 5.95 Å². The fourth-order valence-corrected chi connectivity index (χ4v) is 4.40. The Labute approximate surface area is 220 Å². The highest BCUT2D eigenvalue weighted by Gasteiger charge is 2.26. The van der Waals surface area contributed by atoms with E-state index >= 15 is 0 Å². The van der Waals surface area contributed by atoms with E-state index < -0.39 is 11.4 Å². The number of hydrogen-bond acceptors (Lipinski definition) is 8. The number of carbonyl (C=O) groups excluding carboxylic acids is 1. The third-order valence-electron chi connectivity index (χ3n) is 6.23. The van der Waals surface area contributed by atoms with E-state index in [-0.39, 0.29) is 17.7 Å². The monoisotopic (exact) mass is 518 g/mol. The van der Waals surface area contributed by atoms with Crippen molar-refractivity contribution in [1.82, 2.24) is 34.3 Å². The van der Waals surface area contributed by atoms with Crippen molar-refractivity contribution < 1.29 is 13.9 Å². The van der Waals surface area contributed by atoms with Gasteiger partial charge in [-0.25, -0.2) is 29.1 Å². The molecule has 0 aliphatic carbocycles. The number of pyridine rings is 2. The summed E-state index contributed by atoms with van der Waals surface area (Å²) in [6.45, 7) is 9.10. The number of halogens is 1. The van der Waals surface area contributed by atoms with Gasteiger partial charge < -0.3 is 19.5 Å². The van der Waals surface area contributed by atoms with Crippen LogP contribution in [0.3, 0.4) is 0 Å². The first-order chi connectivity index (χ1) is 18.2. The molecular weight excluding hydrogens is 487 g/mol. The van der Waals surface area contributed by atoms with Gasteiger partial charge in [-0.1, -0.05) is 6.07 Å². The number of carbonyl (C=O) groups is 1. The second-order valence-electron chi connectivity index (χ2n) is 10.3. The van der Waals surface area contributed by atoms with E-state index in [1.54, 1.807) is 17.3 Å². The molecule has 1 aliphatic heterocycles. The zero-order valence-corrected chi connectivity index (χ0v) is 22.0. The Morgan fingerprint density at radius 2 is 1.87 bits per heavy atom. The Balaban J connectivity index is 1.21. The quantitative estimate of drug-likeness (QED) is 0.416. The first kappa shape index (κ1) is 25.5. The van der Waals surface area contributed by atoms with Gasteiger partial charge in [0.05, 0.1) is 6.20 Å². The van der Waals surface area contributed by atoms with Crippen LogP contribution in [-0.2, 0) is 18.3 Å². The Hall–Kier alpha value is -4.12. The van der Waals surface area contributed by atoms with Crippen LogP contribution in [0.25, 0.3) is 22.3 Å². The molecule has 1 amide bonds. The van der Waals surface area contributed by atoms with Crippen molar-refractivity contribution >= 4 is 28.9 Å². The van der Waals surface area contributed by atoms with Crippen LogP contribution in [0.2, 0.25) is 0 Å². The number of nitrogens with zero attached hydrogens (tertiary/aromatic N) is 7. The molecule has 5 heterocycles. The molecule has 4 aromatic rings. The minimum Gasteiger partial charge on any atom is -0.444 e. The van der Waals surface area contributed by atoms with E-state index in [0.29, 0.717) is 24.5 Å². The summed E-state index contributed by atoms with van der Waals surface area (Å²) >= 11 is 0. The summed E-state index contributed by atoms with van der Waals surface area (Å²) in [6, 6.07) is 7.54. The van der Waals surface area contributed by atoms with Crippen LogP contribution in [0.5, 0.6) is 0 Å². The van der Waals surface area contributed by atoms with Crippen LogP contribution in [0, 0.1) is 5.82 Å². The smallest absolute Gasteiger partial charge is 0.410 e. The average molecular weight is 519 g/mol. The molecular formula is C27H31FN8O2. The van der Waals surface area contributed by atoms with Crippen molar-refractivity contribution in [2.45, 2.75) is 32.9 Å². The fraction of sp³-hybridized carbons (Fsp3) is 0.370. The molecule has 1 aliphatic rings. The first-order valence-electron chi connectivity index (χ1n) is 12.5. The molecule has 38 heavy (non-hydrogen) atoms. The van der Waals surface area contributed by atoms with E-state index in [1.165, 1.54) is 0 Å². The molecule has 0 saturated carbocycles. The number of nitrogens with one attached hydrogen (secondary N) is 1. The van der Waals surface area contributed by atoms with E-state index in [9.17, 15) is 9.18 Å². The van der Waals surface area contributed by atoms with Crippen LogP contribution < -0.4 is 5.32 Å². The van der Waals surface area contributed by atoms with Gasteiger partial charge in [-0.05, 0) is 44.5 Å². The normalized spacial score (nSPS) is 14.6. The molecule has 198 valence electrons. The Morgan fingerprint density at radius 1 is 1.08 bits per heavy atom. The number of amides is 1. The number of rotatable bonds is 5. The maximum atomic E-state index is 14.7. The van der Waals surface area contributed by atoms with Crippen LogP contribution >= 0.6 is 0 Å². The van der Waals surface area contributed by atoms with Gasteiger partial charge in [-0.3, -0.25) is 4.90 Å². The summed E-state index contributed by atoms with van der Waals surface area (Å²) in [4.78, 5) is 33.7. The molecule has 4 aromatic heterocycles. The summed E-state index contributed by atoms with van der Waals surface area (Å²) in [5.74, 6) is 0.295. The molecule has 11 heteroatoms. The predicted molar refractivity (Wildman–Crippen MR) is 142 cm³/mol. The third-order valence-corrected chi connectivity index (χ3v) is 6.23. The van der Waals surface area contributed by atoms with Gasteiger partial charge in [0, 0.05) is 69.3 Å². The van der Waals surface area contributed by atoms with Crippen molar-refractivity contribution in [1.29, 1.82) is 0 Å². The highest BCUT2D eigenvalue weighted by Crippen LogP contribution is 2.30. The maximum absolute atomic E-state index is 14.7. The number of aromatic nitrogens is 5. The van der Waals surface area contributed by atoms with Crippen molar-refractivity contribution in [2.24, 2.45) is 7.05 Å². The topological polar surface area (TPSA) is 101 Å². The van der Waals surface area contributed by atoms with Crippen LogP contribution in [0.4, 0.5) is 21.0 Å². The van der Waals surface area contributed by atoms with Gasteiger partial charge in [0.15, 0.2) is 5.82 Å². The SMILES string of the molecule is Cn1cc(-c2nc(Nc3ccc(CN4CCN(C(=O)OC(C)(C)C)CC4)cn3)ncc2F)c2cccnc21. The maximum Gasteiger partial charge on any atom is 0.410 e. The van der Waals surface area contributed by atoms with Crippen molar-refractivity contribution in [3.8, 4) is 11.3 Å². The standard InChI is InChI=1S/C27H31FN8O2/c1-27(2,3)38-26(37)36-12-10-35(11-13-36)16-18-7-8-22(30-14-18)32-25-31-15-21(28)23(33-25)20-17-34(4)24-19(20)6-5-9-29-24/h5-9,14-15,17H,10-13,16H2,1-4H3,(H,30,31,32,33). The molecule has 0 atom stereocenters. The minimum absolute atomic E-state index is 0.197. The molecule has 0 radical (unpaired) electrons. The Kier molecular flexibility index (Phi) is 6.94. The summed E-state index contributed by atoms with van der Waals surface area (Å²) in [5, 5.41) is 3.88. The van der Waals surface area contributed by atoms with Gasteiger partial charge in [-0.15, -0.1) is 0 Å². The van der Waals surface area contributed by atoms with Gasteiger partial charge in [0.25, 0.3) is 0 Å². The second kappa shape index (κ2) is 10.3. The third kappa shape index (κ3) is 5.72. The number of piperazine rings is 1. The van der Waals surface area contributed by atoms with Crippen molar-refractivity contribution in [3.05, 3.63) is 60.4 Å². The van der Waals surface area contributed by atoms with Gasteiger partial charge in [-0.2, -0.15) is 0 Å². The van der Waals surface area contributed by atoms with Crippen molar-refractivity contribution in [2.75, 3.05) is 31.5 Å². The highest BCUT2D eigenvalue weighted by molar-refractivity contribution is 5.93. The summed E-state index contributed by atoms with van der Waals surface area (Å²) < 4.78 is 22.0. The summed E-state index contributed by atoms with van der Waals surface area (Å²) in [7, 11) is 1.86. The largest absolute Gasteiger partial charge is 0.444 e.